The molecule has 2 heterocycles. The highest BCUT2D eigenvalue weighted by Gasteiger charge is 2.28. The van der Waals surface area contributed by atoms with E-state index < -0.39 is 0 Å². The molecule has 1 aliphatic heterocycles. The van der Waals surface area contributed by atoms with Gasteiger partial charge in [-0.3, -0.25) is 9.59 Å². The summed E-state index contributed by atoms with van der Waals surface area (Å²) in [7, 11) is 0. The number of benzene rings is 1. The van der Waals surface area contributed by atoms with Crippen molar-refractivity contribution in [2.75, 3.05) is 24.5 Å². The highest BCUT2D eigenvalue weighted by atomic mass is 16.2. The predicted octanol–water partition coefficient (Wildman–Crippen LogP) is 1.89. The first kappa shape index (κ1) is 18.2. The largest absolute Gasteiger partial charge is 0.369 e. The number of aromatic nitrogens is 2. The molecular weight excluding hydrogens is 328 g/mol. The second-order valence-corrected chi connectivity index (χ2v) is 7.27. The van der Waals surface area contributed by atoms with E-state index in [2.05, 4.69) is 29.2 Å². The van der Waals surface area contributed by atoms with E-state index in [1.165, 1.54) is 4.68 Å². The molecule has 1 amide bonds. The van der Waals surface area contributed by atoms with Crippen LogP contribution in [0.5, 0.6) is 0 Å². The van der Waals surface area contributed by atoms with Crippen molar-refractivity contribution in [3.8, 4) is 0 Å². The third kappa shape index (κ3) is 4.50. The van der Waals surface area contributed by atoms with Crippen LogP contribution in [0.4, 0.5) is 5.69 Å². The summed E-state index contributed by atoms with van der Waals surface area (Å²) in [5.41, 5.74) is 1.70. The lowest BCUT2D eigenvalue weighted by Gasteiger charge is -2.18. The Hall–Kier alpha value is -2.63. The molecule has 2 aromatic rings. The Labute approximate surface area is 153 Å². The Morgan fingerprint density at radius 1 is 1.31 bits per heavy atom. The summed E-state index contributed by atoms with van der Waals surface area (Å²) in [5.74, 6) is 0.518. The fourth-order valence-corrected chi connectivity index (χ4v) is 3.13. The van der Waals surface area contributed by atoms with Gasteiger partial charge in [-0.2, -0.15) is 5.10 Å². The molecule has 0 unspecified atom stereocenters. The highest BCUT2D eigenvalue weighted by molar-refractivity contribution is 5.80. The number of carbonyl (C=O) groups is 1. The molecule has 138 valence electrons. The number of hydrogen-bond acceptors (Lipinski definition) is 4. The molecule has 0 radical (unpaired) electrons. The van der Waals surface area contributed by atoms with Crippen molar-refractivity contribution in [3.63, 3.8) is 0 Å². The second-order valence-electron chi connectivity index (χ2n) is 7.27. The van der Waals surface area contributed by atoms with Crippen molar-refractivity contribution >= 4 is 11.6 Å². The van der Waals surface area contributed by atoms with Crippen LogP contribution in [0.3, 0.4) is 0 Å². The third-order valence-electron chi connectivity index (χ3n) is 4.64. The first-order valence-corrected chi connectivity index (χ1v) is 9.16. The SMILES string of the molecule is CC(C)CNC(=O)[C@H]1CCN(c2cnn(Cc3ccccc3)c(=O)c2)C1. The van der Waals surface area contributed by atoms with E-state index in [1.807, 2.05) is 30.3 Å². The Balaban J connectivity index is 1.63. The van der Waals surface area contributed by atoms with Gasteiger partial charge in [0, 0.05) is 25.7 Å². The monoisotopic (exact) mass is 354 g/mol. The molecule has 1 saturated heterocycles. The van der Waals surface area contributed by atoms with Crippen LogP contribution in [0.2, 0.25) is 0 Å². The summed E-state index contributed by atoms with van der Waals surface area (Å²) in [6, 6.07) is 11.4. The maximum atomic E-state index is 12.4. The lowest BCUT2D eigenvalue weighted by molar-refractivity contribution is -0.124. The first-order chi connectivity index (χ1) is 12.5. The summed E-state index contributed by atoms with van der Waals surface area (Å²) in [6.45, 7) is 6.72. The number of carbonyl (C=O) groups excluding carboxylic acids is 1. The maximum Gasteiger partial charge on any atom is 0.269 e. The standard InChI is InChI=1S/C20H26N4O2/c1-15(2)11-21-20(26)17-8-9-23(14-17)18-10-19(25)24(22-12-18)13-16-6-4-3-5-7-16/h3-7,10,12,15,17H,8-9,11,13-14H2,1-2H3,(H,21,26)/t17-/m0/s1. The Morgan fingerprint density at radius 2 is 2.08 bits per heavy atom. The molecule has 26 heavy (non-hydrogen) atoms. The van der Waals surface area contributed by atoms with Gasteiger partial charge in [-0.1, -0.05) is 44.2 Å². The van der Waals surface area contributed by atoms with Gasteiger partial charge in [0.25, 0.3) is 5.56 Å². The number of nitrogens with one attached hydrogen (secondary N) is 1. The van der Waals surface area contributed by atoms with E-state index in [4.69, 9.17) is 0 Å². The number of anilines is 1. The minimum Gasteiger partial charge on any atom is -0.369 e. The van der Waals surface area contributed by atoms with Crippen LogP contribution in [0.1, 0.15) is 25.8 Å². The van der Waals surface area contributed by atoms with Gasteiger partial charge in [-0.25, -0.2) is 4.68 Å². The van der Waals surface area contributed by atoms with Crippen LogP contribution >= 0.6 is 0 Å². The third-order valence-corrected chi connectivity index (χ3v) is 4.64. The molecule has 1 aliphatic rings. The summed E-state index contributed by atoms with van der Waals surface area (Å²) in [4.78, 5) is 26.7. The Bertz CT molecular complexity index is 801. The van der Waals surface area contributed by atoms with Crippen molar-refractivity contribution in [3.05, 3.63) is 58.5 Å². The molecule has 0 aliphatic carbocycles. The smallest absolute Gasteiger partial charge is 0.269 e. The summed E-state index contributed by atoms with van der Waals surface area (Å²) < 4.78 is 1.46. The summed E-state index contributed by atoms with van der Waals surface area (Å²) in [5, 5.41) is 7.31. The molecule has 6 nitrogen and oxygen atoms in total. The van der Waals surface area contributed by atoms with E-state index in [0.717, 1.165) is 24.2 Å². The van der Waals surface area contributed by atoms with Crippen molar-refractivity contribution < 1.29 is 4.79 Å². The zero-order chi connectivity index (χ0) is 18.5. The first-order valence-electron chi connectivity index (χ1n) is 9.16. The summed E-state index contributed by atoms with van der Waals surface area (Å²) >= 11 is 0. The van der Waals surface area contributed by atoms with Crippen molar-refractivity contribution in [2.45, 2.75) is 26.8 Å². The molecule has 1 aromatic carbocycles. The van der Waals surface area contributed by atoms with E-state index >= 15 is 0 Å². The molecule has 1 atom stereocenters. The van der Waals surface area contributed by atoms with Crippen LogP contribution in [0, 0.1) is 11.8 Å². The lowest BCUT2D eigenvalue weighted by Crippen LogP contribution is -2.35. The van der Waals surface area contributed by atoms with Crippen LogP contribution < -0.4 is 15.8 Å². The van der Waals surface area contributed by atoms with Gasteiger partial charge in [-0.05, 0) is 17.9 Å². The quantitative estimate of drug-likeness (QED) is 0.860. The minimum absolute atomic E-state index is 0.0273. The van der Waals surface area contributed by atoms with Gasteiger partial charge in [0.1, 0.15) is 0 Å². The van der Waals surface area contributed by atoms with Gasteiger partial charge in [0.05, 0.1) is 24.3 Å². The fourth-order valence-electron chi connectivity index (χ4n) is 3.13. The number of hydrogen-bond donors (Lipinski definition) is 1. The van der Waals surface area contributed by atoms with E-state index in [-0.39, 0.29) is 17.4 Å². The molecule has 1 fully saturated rings. The zero-order valence-electron chi connectivity index (χ0n) is 15.4. The normalized spacial score (nSPS) is 16.9. The Morgan fingerprint density at radius 3 is 2.77 bits per heavy atom. The second kappa shape index (κ2) is 8.17. The average molecular weight is 354 g/mol. The lowest BCUT2D eigenvalue weighted by atomic mass is 10.1. The predicted molar refractivity (Wildman–Crippen MR) is 102 cm³/mol. The van der Waals surface area contributed by atoms with Crippen LogP contribution in [-0.4, -0.2) is 35.3 Å². The van der Waals surface area contributed by atoms with Gasteiger partial charge in [0.15, 0.2) is 0 Å². The number of rotatable bonds is 6. The minimum atomic E-state index is -0.126. The van der Waals surface area contributed by atoms with Crippen molar-refractivity contribution in [1.82, 2.24) is 15.1 Å². The molecular formula is C20H26N4O2. The van der Waals surface area contributed by atoms with Crippen LogP contribution in [0.15, 0.2) is 47.4 Å². The van der Waals surface area contributed by atoms with Gasteiger partial charge in [0.2, 0.25) is 5.91 Å². The molecule has 0 bridgehead atoms. The average Bonchev–Trinajstić information content (AvgIpc) is 3.12. The molecule has 1 N–H and O–H groups in total. The van der Waals surface area contributed by atoms with Gasteiger partial charge >= 0.3 is 0 Å². The van der Waals surface area contributed by atoms with E-state index in [9.17, 15) is 9.59 Å². The topological polar surface area (TPSA) is 67.2 Å². The highest BCUT2D eigenvalue weighted by Crippen LogP contribution is 2.22. The molecule has 0 spiro atoms. The van der Waals surface area contributed by atoms with Gasteiger partial charge in [-0.15, -0.1) is 0 Å². The fraction of sp³-hybridized carbons (Fsp3) is 0.450. The Kier molecular flexibility index (Phi) is 5.71. The molecule has 3 rings (SSSR count). The zero-order valence-corrected chi connectivity index (χ0v) is 15.4. The molecule has 1 aromatic heterocycles. The molecule has 6 heteroatoms. The van der Waals surface area contributed by atoms with Crippen molar-refractivity contribution in [2.24, 2.45) is 11.8 Å². The van der Waals surface area contributed by atoms with Gasteiger partial charge < -0.3 is 10.2 Å². The number of amides is 1. The van der Waals surface area contributed by atoms with E-state index in [1.54, 1.807) is 12.3 Å². The summed E-state index contributed by atoms with van der Waals surface area (Å²) in [6.07, 6.45) is 2.52. The maximum absolute atomic E-state index is 12.4. The van der Waals surface area contributed by atoms with Crippen LogP contribution in [-0.2, 0) is 11.3 Å². The van der Waals surface area contributed by atoms with Crippen LogP contribution in [0.25, 0.3) is 0 Å². The number of nitrogens with zero attached hydrogens (tertiary/aromatic N) is 3. The molecule has 0 saturated carbocycles. The van der Waals surface area contributed by atoms with E-state index in [0.29, 0.717) is 25.6 Å². The van der Waals surface area contributed by atoms with Crippen molar-refractivity contribution in [1.29, 1.82) is 0 Å².